The van der Waals surface area contributed by atoms with Gasteiger partial charge in [0.05, 0.1) is 10.4 Å². The summed E-state index contributed by atoms with van der Waals surface area (Å²) in [5, 5.41) is 11.6. The van der Waals surface area contributed by atoms with Crippen LogP contribution >= 0.6 is 11.5 Å². The normalized spacial score (nSPS) is 13.8. The maximum absolute atomic E-state index is 4.62. The monoisotopic (exact) mass is 332 g/mol. The summed E-state index contributed by atoms with van der Waals surface area (Å²) in [6.45, 7) is 0. The Labute approximate surface area is 141 Å². The molecule has 0 radical (unpaired) electrons. The number of nitrogens with zero attached hydrogens (tertiary/aromatic N) is 4. The Morgan fingerprint density at radius 1 is 1.17 bits per heavy atom. The lowest BCUT2D eigenvalue weighted by atomic mass is 10.1. The van der Waals surface area contributed by atoms with Crippen molar-refractivity contribution in [2.24, 2.45) is 0 Å². The van der Waals surface area contributed by atoms with E-state index in [0.717, 1.165) is 33.8 Å². The zero-order chi connectivity index (χ0) is 15.9. The summed E-state index contributed by atoms with van der Waals surface area (Å²) < 4.78 is 5.76. The van der Waals surface area contributed by atoms with Gasteiger partial charge in [0.1, 0.15) is 0 Å². The van der Waals surface area contributed by atoms with Gasteiger partial charge in [-0.2, -0.15) is 9.47 Å². The molecule has 0 saturated carbocycles. The van der Waals surface area contributed by atoms with Crippen LogP contribution in [0.5, 0.6) is 0 Å². The van der Waals surface area contributed by atoms with E-state index in [1.165, 1.54) is 22.5 Å². The average Bonchev–Trinajstić information content (AvgIpc) is 3.34. The fourth-order valence-corrected chi connectivity index (χ4v) is 3.68. The van der Waals surface area contributed by atoms with Gasteiger partial charge in [-0.05, 0) is 41.7 Å². The van der Waals surface area contributed by atoms with E-state index in [-0.39, 0.29) is 0 Å². The van der Waals surface area contributed by atoms with E-state index >= 15 is 0 Å². The van der Waals surface area contributed by atoms with Crippen LogP contribution in [0.4, 0.5) is 11.5 Å². The third-order valence-corrected chi connectivity index (χ3v) is 4.78. The number of aromatic amines is 1. The molecule has 3 heterocycles. The van der Waals surface area contributed by atoms with Crippen LogP contribution in [0.15, 0.2) is 48.8 Å². The average molecular weight is 332 g/mol. The van der Waals surface area contributed by atoms with Crippen molar-refractivity contribution in [2.45, 2.75) is 6.42 Å². The first-order chi connectivity index (χ1) is 11.9. The van der Waals surface area contributed by atoms with Crippen molar-refractivity contribution in [3.05, 3.63) is 54.5 Å². The van der Waals surface area contributed by atoms with Crippen molar-refractivity contribution in [3.63, 3.8) is 0 Å². The van der Waals surface area contributed by atoms with Gasteiger partial charge in [-0.1, -0.05) is 18.2 Å². The molecule has 116 valence electrons. The fraction of sp³-hybridized carbons (Fsp3) is 0.0588. The maximum atomic E-state index is 4.62. The minimum Gasteiger partial charge on any atom is -0.339 e. The van der Waals surface area contributed by atoms with E-state index in [1.807, 2.05) is 6.07 Å². The van der Waals surface area contributed by atoms with E-state index in [9.17, 15) is 0 Å². The van der Waals surface area contributed by atoms with Gasteiger partial charge in [-0.25, -0.2) is 9.97 Å². The molecule has 3 aromatic heterocycles. The van der Waals surface area contributed by atoms with Crippen LogP contribution in [0.3, 0.4) is 0 Å². The molecule has 0 spiro atoms. The van der Waals surface area contributed by atoms with Crippen LogP contribution in [-0.4, -0.2) is 24.5 Å². The molecule has 1 aliphatic rings. The summed E-state index contributed by atoms with van der Waals surface area (Å²) in [7, 11) is 0. The fourth-order valence-electron chi connectivity index (χ4n) is 2.84. The number of allylic oxidation sites excluding steroid dienone is 4. The number of hydrogen-bond donors (Lipinski definition) is 2. The first kappa shape index (κ1) is 13.4. The summed E-state index contributed by atoms with van der Waals surface area (Å²) in [6.07, 6.45) is 10.8. The van der Waals surface area contributed by atoms with Crippen molar-refractivity contribution < 1.29 is 0 Å². The van der Waals surface area contributed by atoms with Crippen molar-refractivity contribution in [1.82, 2.24) is 24.5 Å². The van der Waals surface area contributed by atoms with Gasteiger partial charge < -0.3 is 5.32 Å². The molecule has 0 atom stereocenters. The van der Waals surface area contributed by atoms with E-state index < -0.39 is 0 Å². The second kappa shape index (κ2) is 5.24. The Morgan fingerprint density at radius 3 is 3.04 bits per heavy atom. The standard InChI is InChI=1S/C17H12N6S/c1-2-4-10(3-1)14-12-6-5-11(9-13(12)24-23-14)20-17-15-16(21-22-17)19-8-7-18-15/h1,3-9H,2H2,(H2,19,20,21,22). The van der Waals surface area contributed by atoms with E-state index in [2.05, 4.69) is 60.2 Å². The lowest BCUT2D eigenvalue weighted by Crippen LogP contribution is -1.91. The minimum absolute atomic E-state index is 0.598. The Morgan fingerprint density at radius 2 is 2.12 bits per heavy atom. The molecule has 4 aromatic rings. The zero-order valence-electron chi connectivity index (χ0n) is 12.5. The predicted octanol–water partition coefficient (Wildman–Crippen LogP) is 4.05. The van der Waals surface area contributed by atoms with Gasteiger partial charge in [0.15, 0.2) is 11.3 Å². The SMILES string of the molecule is C1=CC(c2nsc3cc(Nc4[nH]nc5nccnc45)ccc23)=CC1. The van der Waals surface area contributed by atoms with Crippen LogP contribution in [0.1, 0.15) is 12.1 Å². The number of nitrogens with one attached hydrogen (secondary N) is 2. The molecular weight excluding hydrogens is 320 g/mol. The van der Waals surface area contributed by atoms with Crippen LogP contribution in [0.25, 0.3) is 26.8 Å². The Hall–Kier alpha value is -3.06. The predicted molar refractivity (Wildman–Crippen MR) is 96.3 cm³/mol. The highest BCUT2D eigenvalue weighted by molar-refractivity contribution is 7.13. The summed E-state index contributed by atoms with van der Waals surface area (Å²) in [4.78, 5) is 8.49. The van der Waals surface area contributed by atoms with Crippen molar-refractivity contribution in [2.75, 3.05) is 5.32 Å². The first-order valence-corrected chi connectivity index (χ1v) is 8.34. The molecular formula is C17H12N6S. The van der Waals surface area contributed by atoms with Crippen LogP contribution in [0.2, 0.25) is 0 Å². The smallest absolute Gasteiger partial charge is 0.201 e. The zero-order valence-corrected chi connectivity index (χ0v) is 13.3. The highest BCUT2D eigenvalue weighted by Gasteiger charge is 2.12. The Kier molecular flexibility index (Phi) is 2.92. The number of hydrogen-bond acceptors (Lipinski definition) is 6. The Bertz CT molecular complexity index is 1120. The molecule has 0 saturated heterocycles. The quantitative estimate of drug-likeness (QED) is 0.592. The van der Waals surface area contributed by atoms with Gasteiger partial charge in [0.25, 0.3) is 0 Å². The van der Waals surface area contributed by atoms with Crippen LogP contribution < -0.4 is 5.32 Å². The topological polar surface area (TPSA) is 79.4 Å². The molecule has 0 bridgehead atoms. The van der Waals surface area contributed by atoms with Crippen LogP contribution in [-0.2, 0) is 0 Å². The summed E-state index contributed by atoms with van der Waals surface area (Å²) in [6, 6.07) is 6.25. The second-order valence-corrected chi connectivity index (χ2v) is 6.30. The molecule has 5 rings (SSSR count). The third kappa shape index (κ3) is 2.10. The summed E-state index contributed by atoms with van der Waals surface area (Å²) in [5.74, 6) is 0.739. The van der Waals surface area contributed by atoms with Crippen LogP contribution in [0, 0.1) is 0 Å². The summed E-state index contributed by atoms with van der Waals surface area (Å²) >= 11 is 1.51. The minimum atomic E-state index is 0.598. The van der Waals surface area contributed by atoms with Gasteiger partial charge in [-0.3, -0.25) is 5.10 Å². The Balaban J connectivity index is 1.53. The number of aromatic nitrogens is 5. The lowest BCUT2D eigenvalue weighted by Gasteiger charge is -2.04. The largest absolute Gasteiger partial charge is 0.339 e. The second-order valence-electron chi connectivity index (χ2n) is 5.49. The van der Waals surface area contributed by atoms with Crippen molar-refractivity contribution in [1.29, 1.82) is 0 Å². The van der Waals surface area contributed by atoms with Gasteiger partial charge in [0.2, 0.25) is 5.65 Å². The van der Waals surface area contributed by atoms with E-state index in [0.29, 0.717) is 5.65 Å². The number of rotatable bonds is 3. The lowest BCUT2D eigenvalue weighted by molar-refractivity contribution is 1.10. The molecule has 0 fully saturated rings. The molecule has 0 aliphatic heterocycles. The molecule has 24 heavy (non-hydrogen) atoms. The van der Waals surface area contributed by atoms with Crippen molar-refractivity contribution in [3.8, 4) is 0 Å². The number of H-pyrrole nitrogens is 1. The number of benzene rings is 1. The number of anilines is 2. The van der Waals surface area contributed by atoms with Gasteiger partial charge in [0, 0.05) is 23.5 Å². The van der Waals surface area contributed by atoms with Crippen molar-refractivity contribution >= 4 is 49.9 Å². The number of fused-ring (bicyclic) bond motifs is 2. The maximum Gasteiger partial charge on any atom is 0.201 e. The van der Waals surface area contributed by atoms with Gasteiger partial charge >= 0.3 is 0 Å². The van der Waals surface area contributed by atoms with Gasteiger partial charge in [-0.15, -0.1) is 0 Å². The molecule has 7 heteroatoms. The highest BCUT2D eigenvalue weighted by Crippen LogP contribution is 2.33. The molecule has 1 aromatic carbocycles. The summed E-state index contributed by atoms with van der Waals surface area (Å²) in [5.41, 5.74) is 4.56. The van der Waals surface area contributed by atoms with E-state index in [1.54, 1.807) is 12.4 Å². The molecule has 1 aliphatic carbocycles. The highest BCUT2D eigenvalue weighted by atomic mass is 32.1. The van der Waals surface area contributed by atoms with E-state index in [4.69, 9.17) is 0 Å². The molecule has 2 N–H and O–H groups in total. The molecule has 6 nitrogen and oxygen atoms in total. The molecule has 0 unspecified atom stereocenters. The first-order valence-electron chi connectivity index (χ1n) is 7.57. The molecule has 0 amide bonds. The third-order valence-electron chi connectivity index (χ3n) is 3.98.